The summed E-state index contributed by atoms with van der Waals surface area (Å²) >= 11 is 6.05. The molecule has 0 amide bonds. The van der Waals surface area contributed by atoms with E-state index in [9.17, 15) is 14.6 Å². The van der Waals surface area contributed by atoms with Crippen LogP contribution in [0.5, 0.6) is 0 Å². The zero-order valence-corrected chi connectivity index (χ0v) is 12.4. The Morgan fingerprint density at radius 1 is 0.952 bits per heavy atom. The lowest BCUT2D eigenvalue weighted by atomic mass is 9.78. The highest BCUT2D eigenvalue weighted by atomic mass is 35.5. The van der Waals surface area contributed by atoms with E-state index < -0.39 is 11.2 Å². The van der Waals surface area contributed by atoms with E-state index in [1.165, 1.54) is 12.1 Å². The van der Waals surface area contributed by atoms with E-state index in [0.29, 0.717) is 17.9 Å². The van der Waals surface area contributed by atoms with Gasteiger partial charge in [-0.2, -0.15) is 0 Å². The van der Waals surface area contributed by atoms with Gasteiger partial charge in [0.05, 0.1) is 13.2 Å². The number of hydrogen-bond donors (Lipinski definition) is 2. The molecule has 0 aliphatic rings. The predicted octanol–water partition coefficient (Wildman–Crippen LogP) is 3.24. The van der Waals surface area contributed by atoms with E-state index in [4.69, 9.17) is 11.6 Å². The van der Waals surface area contributed by atoms with Crippen LogP contribution in [0.3, 0.4) is 0 Å². The first kappa shape index (κ1) is 16.0. The predicted molar refractivity (Wildman–Crippen MR) is 81.9 cm³/mol. The van der Waals surface area contributed by atoms with Crippen molar-refractivity contribution in [2.45, 2.75) is 12.8 Å². The number of hydrogen-bond acceptors (Lipinski definition) is 2. The van der Waals surface area contributed by atoms with Crippen molar-refractivity contribution in [1.82, 2.24) is 0 Å². The van der Waals surface area contributed by atoms with Crippen molar-refractivity contribution in [2.75, 3.05) is 13.2 Å². The summed E-state index contributed by atoms with van der Waals surface area (Å²) in [5, 5.41) is 19.8. The van der Waals surface area contributed by atoms with E-state index in [1.54, 1.807) is 6.07 Å². The molecule has 0 heterocycles. The summed E-state index contributed by atoms with van der Waals surface area (Å²) in [6.45, 7) is -0.349. The van der Waals surface area contributed by atoms with Crippen molar-refractivity contribution in [3.63, 3.8) is 0 Å². The van der Waals surface area contributed by atoms with Gasteiger partial charge in [-0.25, -0.2) is 4.39 Å². The average Bonchev–Trinajstić information content (AvgIpc) is 2.50. The maximum absolute atomic E-state index is 13.1. The molecule has 0 atom stereocenters. The van der Waals surface area contributed by atoms with Gasteiger partial charge in [0.1, 0.15) is 5.82 Å². The first-order chi connectivity index (χ1) is 10.1. The molecule has 0 unspecified atom stereocenters. The van der Waals surface area contributed by atoms with Crippen LogP contribution < -0.4 is 0 Å². The molecule has 0 bridgehead atoms. The Balaban J connectivity index is 2.25. The molecule has 0 aromatic heterocycles. The summed E-state index contributed by atoms with van der Waals surface area (Å²) in [5.41, 5.74) is 1.03. The molecule has 0 fully saturated rings. The molecule has 112 valence electrons. The van der Waals surface area contributed by atoms with Crippen LogP contribution in [0, 0.1) is 11.2 Å². The molecule has 0 saturated heterocycles. The van der Waals surface area contributed by atoms with Crippen LogP contribution in [0.2, 0.25) is 5.02 Å². The second-order valence-corrected chi connectivity index (χ2v) is 5.80. The number of rotatable bonds is 6. The van der Waals surface area contributed by atoms with Crippen LogP contribution in [0.25, 0.3) is 0 Å². The third-order valence-corrected chi connectivity index (χ3v) is 4.03. The number of halogens is 2. The molecule has 0 aliphatic carbocycles. The van der Waals surface area contributed by atoms with Crippen molar-refractivity contribution in [1.29, 1.82) is 0 Å². The number of aliphatic hydroxyl groups excluding tert-OH is 2. The lowest BCUT2D eigenvalue weighted by Crippen LogP contribution is -2.35. The zero-order valence-electron chi connectivity index (χ0n) is 11.6. The van der Waals surface area contributed by atoms with E-state index in [2.05, 4.69) is 0 Å². The quantitative estimate of drug-likeness (QED) is 0.860. The SMILES string of the molecule is OCC(CO)(Cc1ccccc1)Cc1ccc(F)cc1Cl. The van der Waals surface area contributed by atoms with Gasteiger partial charge in [0.15, 0.2) is 0 Å². The van der Waals surface area contributed by atoms with Crippen LogP contribution in [0.15, 0.2) is 48.5 Å². The molecule has 2 aromatic carbocycles. The van der Waals surface area contributed by atoms with Crippen LogP contribution in [-0.2, 0) is 12.8 Å². The average molecular weight is 309 g/mol. The van der Waals surface area contributed by atoms with Crippen molar-refractivity contribution < 1.29 is 14.6 Å². The maximum Gasteiger partial charge on any atom is 0.124 e. The molecular weight excluding hydrogens is 291 g/mol. The first-order valence-electron chi connectivity index (χ1n) is 6.78. The monoisotopic (exact) mass is 308 g/mol. The van der Waals surface area contributed by atoms with Crippen molar-refractivity contribution >= 4 is 11.6 Å². The fourth-order valence-electron chi connectivity index (χ4n) is 2.43. The Bertz CT molecular complexity index is 583. The minimum atomic E-state index is -0.719. The van der Waals surface area contributed by atoms with Gasteiger partial charge in [0.2, 0.25) is 0 Å². The number of aliphatic hydroxyl groups is 2. The second-order valence-electron chi connectivity index (χ2n) is 5.39. The topological polar surface area (TPSA) is 40.5 Å². The minimum Gasteiger partial charge on any atom is -0.396 e. The maximum atomic E-state index is 13.1. The Morgan fingerprint density at radius 2 is 1.62 bits per heavy atom. The first-order valence-corrected chi connectivity index (χ1v) is 7.16. The largest absolute Gasteiger partial charge is 0.396 e. The van der Waals surface area contributed by atoms with Crippen LogP contribution in [0.1, 0.15) is 11.1 Å². The van der Waals surface area contributed by atoms with Gasteiger partial charge in [-0.3, -0.25) is 0 Å². The Hall–Kier alpha value is -1.42. The molecule has 0 aliphatic heterocycles. The normalized spacial score (nSPS) is 11.6. The second kappa shape index (κ2) is 7.03. The molecule has 2 nitrogen and oxygen atoms in total. The van der Waals surface area contributed by atoms with E-state index in [1.807, 2.05) is 30.3 Å². The van der Waals surface area contributed by atoms with E-state index in [0.717, 1.165) is 11.1 Å². The highest BCUT2D eigenvalue weighted by molar-refractivity contribution is 6.31. The molecule has 0 saturated carbocycles. The summed E-state index contributed by atoms with van der Waals surface area (Å²) < 4.78 is 13.1. The lowest BCUT2D eigenvalue weighted by molar-refractivity contribution is 0.0548. The van der Waals surface area contributed by atoms with Gasteiger partial charge < -0.3 is 10.2 Å². The highest BCUT2D eigenvalue weighted by Crippen LogP contribution is 2.30. The van der Waals surface area contributed by atoms with Gasteiger partial charge in [0, 0.05) is 10.4 Å². The molecule has 2 rings (SSSR count). The van der Waals surface area contributed by atoms with Gasteiger partial charge in [-0.15, -0.1) is 0 Å². The molecule has 4 heteroatoms. The molecule has 21 heavy (non-hydrogen) atoms. The molecule has 2 aromatic rings. The summed E-state index contributed by atoms with van der Waals surface area (Å²) in [6, 6.07) is 13.8. The lowest BCUT2D eigenvalue weighted by Gasteiger charge is -2.30. The van der Waals surface area contributed by atoms with Crippen LogP contribution in [0.4, 0.5) is 4.39 Å². The van der Waals surface area contributed by atoms with Gasteiger partial charge >= 0.3 is 0 Å². The molecular formula is C17H18ClFO2. The molecule has 2 N–H and O–H groups in total. The van der Waals surface area contributed by atoms with Crippen molar-refractivity contribution in [3.05, 3.63) is 70.5 Å². The summed E-state index contributed by atoms with van der Waals surface area (Å²) in [5.74, 6) is -0.398. The fraction of sp³-hybridized carbons (Fsp3) is 0.294. The smallest absolute Gasteiger partial charge is 0.124 e. The molecule has 0 spiro atoms. The Labute approximate surface area is 128 Å². The fourth-order valence-corrected chi connectivity index (χ4v) is 2.67. The van der Waals surface area contributed by atoms with E-state index in [-0.39, 0.29) is 13.2 Å². The molecule has 0 radical (unpaired) electrons. The van der Waals surface area contributed by atoms with Gasteiger partial charge in [-0.1, -0.05) is 48.0 Å². The summed E-state index contributed by atoms with van der Waals surface area (Å²) in [6.07, 6.45) is 0.905. The van der Waals surface area contributed by atoms with E-state index >= 15 is 0 Å². The van der Waals surface area contributed by atoms with Crippen molar-refractivity contribution in [2.24, 2.45) is 5.41 Å². The van der Waals surface area contributed by atoms with Crippen molar-refractivity contribution in [3.8, 4) is 0 Å². The zero-order chi connectivity index (χ0) is 15.3. The summed E-state index contributed by atoms with van der Waals surface area (Å²) in [7, 11) is 0. The number of benzene rings is 2. The van der Waals surface area contributed by atoms with Gasteiger partial charge in [0.25, 0.3) is 0 Å². The van der Waals surface area contributed by atoms with Crippen LogP contribution in [-0.4, -0.2) is 23.4 Å². The Morgan fingerprint density at radius 3 is 2.19 bits per heavy atom. The Kier molecular flexibility index (Phi) is 5.34. The van der Waals surface area contributed by atoms with Crippen LogP contribution >= 0.6 is 11.6 Å². The van der Waals surface area contributed by atoms with Gasteiger partial charge in [-0.05, 0) is 36.1 Å². The third-order valence-electron chi connectivity index (χ3n) is 3.67. The third kappa shape index (κ3) is 4.03. The highest BCUT2D eigenvalue weighted by Gasteiger charge is 2.30. The standard InChI is InChI=1S/C17H18ClFO2/c18-16-8-15(19)7-6-14(16)10-17(11-20,12-21)9-13-4-2-1-3-5-13/h1-8,20-21H,9-12H2. The minimum absolute atomic E-state index is 0.175. The summed E-state index contributed by atoms with van der Waals surface area (Å²) in [4.78, 5) is 0.